The number of carbonyl (C=O) groups excluding carboxylic acids is 3. The van der Waals surface area contributed by atoms with Crippen LogP contribution < -0.4 is 16.4 Å². The SMILES string of the molecule is NC(=O)OCC1NC(=O)CCCCCCCCCCCCNC1=O. The first-order valence-corrected chi connectivity index (χ1v) is 9.09. The van der Waals surface area contributed by atoms with E-state index in [1.165, 1.54) is 32.1 Å². The Morgan fingerprint density at radius 3 is 2.08 bits per heavy atom. The van der Waals surface area contributed by atoms with E-state index >= 15 is 0 Å². The minimum Gasteiger partial charge on any atom is -0.447 e. The average molecular weight is 341 g/mol. The normalized spacial score (nSPS) is 22.8. The van der Waals surface area contributed by atoms with E-state index in [1.54, 1.807) is 0 Å². The molecule has 0 spiro atoms. The highest BCUT2D eigenvalue weighted by molar-refractivity contribution is 5.87. The molecule has 1 aliphatic heterocycles. The highest BCUT2D eigenvalue weighted by Crippen LogP contribution is 2.11. The molecule has 24 heavy (non-hydrogen) atoms. The summed E-state index contributed by atoms with van der Waals surface area (Å²) in [5.74, 6) is -0.540. The molecular formula is C17H31N3O4. The van der Waals surface area contributed by atoms with Crippen LogP contribution in [0.15, 0.2) is 0 Å². The zero-order valence-electron chi connectivity index (χ0n) is 14.5. The Kier molecular flexibility index (Phi) is 10.6. The van der Waals surface area contributed by atoms with Crippen molar-refractivity contribution in [3.63, 3.8) is 0 Å². The fraction of sp³-hybridized carbons (Fsp3) is 0.824. The molecule has 0 bridgehead atoms. The third kappa shape index (κ3) is 10.1. The van der Waals surface area contributed by atoms with Crippen LogP contribution in [0.4, 0.5) is 4.79 Å². The van der Waals surface area contributed by atoms with Crippen molar-refractivity contribution in [3.05, 3.63) is 0 Å². The number of nitrogens with one attached hydrogen (secondary N) is 2. The Bertz CT molecular complexity index is 401. The van der Waals surface area contributed by atoms with Gasteiger partial charge in [0.2, 0.25) is 11.8 Å². The van der Waals surface area contributed by atoms with Crippen molar-refractivity contribution in [1.82, 2.24) is 10.6 Å². The van der Waals surface area contributed by atoms with E-state index in [4.69, 9.17) is 5.73 Å². The summed E-state index contributed by atoms with van der Waals surface area (Å²) in [6, 6.07) is -0.888. The lowest BCUT2D eigenvalue weighted by molar-refractivity contribution is -0.130. The molecule has 1 fully saturated rings. The summed E-state index contributed by atoms with van der Waals surface area (Å²) < 4.78 is 4.69. The lowest BCUT2D eigenvalue weighted by Gasteiger charge is -2.18. The van der Waals surface area contributed by atoms with Gasteiger partial charge in [-0.2, -0.15) is 0 Å². The van der Waals surface area contributed by atoms with Crippen molar-refractivity contribution in [3.8, 4) is 0 Å². The highest BCUT2D eigenvalue weighted by atomic mass is 16.5. The number of rotatable bonds is 2. The van der Waals surface area contributed by atoms with Crippen molar-refractivity contribution >= 4 is 17.9 Å². The number of hydrogen-bond donors (Lipinski definition) is 3. The lowest BCUT2D eigenvalue weighted by atomic mass is 10.1. The highest BCUT2D eigenvalue weighted by Gasteiger charge is 2.21. The molecule has 1 rings (SSSR count). The molecule has 3 amide bonds. The molecule has 0 aromatic carbocycles. The molecular weight excluding hydrogens is 310 g/mol. The van der Waals surface area contributed by atoms with Crippen LogP contribution in [0.5, 0.6) is 0 Å². The first kappa shape index (κ1) is 20.3. The van der Waals surface area contributed by atoms with E-state index in [9.17, 15) is 14.4 Å². The van der Waals surface area contributed by atoms with Gasteiger partial charge in [-0.05, 0) is 12.8 Å². The summed E-state index contributed by atoms with van der Waals surface area (Å²) in [5.41, 5.74) is 4.94. The maximum Gasteiger partial charge on any atom is 0.404 e. The van der Waals surface area contributed by atoms with Crippen LogP contribution in [-0.2, 0) is 14.3 Å². The van der Waals surface area contributed by atoms with E-state index < -0.39 is 12.1 Å². The van der Waals surface area contributed by atoms with Crippen LogP contribution in [0.1, 0.15) is 70.6 Å². The quantitative estimate of drug-likeness (QED) is 0.713. The van der Waals surface area contributed by atoms with Gasteiger partial charge < -0.3 is 21.1 Å². The van der Waals surface area contributed by atoms with Crippen LogP contribution in [0.25, 0.3) is 0 Å². The zero-order valence-corrected chi connectivity index (χ0v) is 14.5. The Morgan fingerprint density at radius 1 is 0.958 bits per heavy atom. The molecule has 1 aliphatic rings. The zero-order chi connectivity index (χ0) is 17.6. The third-order valence-electron chi connectivity index (χ3n) is 4.17. The van der Waals surface area contributed by atoms with Crippen molar-refractivity contribution in [2.24, 2.45) is 5.73 Å². The molecule has 0 saturated carbocycles. The molecule has 1 heterocycles. The average Bonchev–Trinajstić information content (AvgIpc) is 2.54. The predicted octanol–water partition coefficient (Wildman–Crippen LogP) is 1.99. The van der Waals surface area contributed by atoms with Gasteiger partial charge in [-0.25, -0.2) is 4.79 Å². The summed E-state index contributed by atoms with van der Waals surface area (Å²) in [5, 5.41) is 5.42. The van der Waals surface area contributed by atoms with Gasteiger partial charge in [0.05, 0.1) is 0 Å². The van der Waals surface area contributed by atoms with Gasteiger partial charge in [0.1, 0.15) is 12.6 Å². The summed E-state index contributed by atoms with van der Waals surface area (Å²) in [4.78, 5) is 34.9. The molecule has 0 radical (unpaired) electrons. The van der Waals surface area contributed by atoms with Crippen molar-refractivity contribution in [1.29, 1.82) is 0 Å². The van der Waals surface area contributed by atoms with Gasteiger partial charge in [0.25, 0.3) is 0 Å². The van der Waals surface area contributed by atoms with E-state index in [2.05, 4.69) is 15.4 Å². The Balaban J connectivity index is 2.52. The molecule has 7 nitrogen and oxygen atoms in total. The largest absolute Gasteiger partial charge is 0.447 e. The maximum atomic E-state index is 12.2. The number of primary amides is 1. The van der Waals surface area contributed by atoms with E-state index in [0.717, 1.165) is 32.1 Å². The monoisotopic (exact) mass is 341 g/mol. The summed E-state index contributed by atoms with van der Waals surface area (Å²) >= 11 is 0. The Morgan fingerprint density at radius 2 is 1.50 bits per heavy atom. The standard InChI is InChI=1S/C17H31N3O4/c18-17(23)24-13-14-16(22)19-12-10-8-6-4-2-1-3-5-7-9-11-15(21)20-14/h14H,1-13H2,(H2,18,23)(H,19,22)(H,20,21). The fourth-order valence-corrected chi connectivity index (χ4v) is 2.77. The van der Waals surface area contributed by atoms with Gasteiger partial charge in [0.15, 0.2) is 0 Å². The van der Waals surface area contributed by atoms with Crippen LogP contribution in [-0.4, -0.2) is 37.1 Å². The minimum absolute atomic E-state index is 0.201. The molecule has 7 heteroatoms. The molecule has 0 aliphatic carbocycles. The van der Waals surface area contributed by atoms with Gasteiger partial charge in [-0.3, -0.25) is 9.59 Å². The second-order valence-corrected chi connectivity index (χ2v) is 6.33. The predicted molar refractivity (Wildman–Crippen MR) is 91.3 cm³/mol. The lowest BCUT2D eigenvalue weighted by Crippen LogP contribution is -2.50. The Hall–Kier alpha value is -1.79. The number of ether oxygens (including phenoxy) is 1. The number of carbonyl (C=O) groups is 3. The molecule has 138 valence electrons. The van der Waals surface area contributed by atoms with Gasteiger partial charge in [-0.15, -0.1) is 0 Å². The smallest absolute Gasteiger partial charge is 0.404 e. The van der Waals surface area contributed by atoms with E-state index in [-0.39, 0.29) is 18.4 Å². The topological polar surface area (TPSA) is 111 Å². The third-order valence-corrected chi connectivity index (χ3v) is 4.17. The maximum absolute atomic E-state index is 12.2. The number of amides is 3. The van der Waals surface area contributed by atoms with Crippen molar-refractivity contribution < 1.29 is 19.1 Å². The Labute approximate surface area is 144 Å². The molecule has 0 aromatic rings. The summed E-state index contributed by atoms with van der Waals surface area (Å²) in [6.45, 7) is 0.314. The fourth-order valence-electron chi connectivity index (χ4n) is 2.77. The summed E-state index contributed by atoms with van der Waals surface area (Å²) in [6.07, 6.45) is 10.5. The first-order chi connectivity index (χ1) is 11.6. The summed E-state index contributed by atoms with van der Waals surface area (Å²) in [7, 11) is 0. The minimum atomic E-state index is -0.958. The van der Waals surface area contributed by atoms with Crippen LogP contribution in [0.2, 0.25) is 0 Å². The molecule has 4 N–H and O–H groups in total. The van der Waals surface area contributed by atoms with Crippen LogP contribution >= 0.6 is 0 Å². The number of nitrogens with two attached hydrogens (primary N) is 1. The van der Waals surface area contributed by atoms with Crippen LogP contribution in [0.3, 0.4) is 0 Å². The van der Waals surface area contributed by atoms with E-state index in [0.29, 0.717) is 13.0 Å². The molecule has 1 atom stereocenters. The van der Waals surface area contributed by atoms with Gasteiger partial charge in [-0.1, -0.05) is 51.4 Å². The molecule has 0 aromatic heterocycles. The molecule has 1 saturated heterocycles. The number of hydrogen-bond acceptors (Lipinski definition) is 4. The first-order valence-electron chi connectivity index (χ1n) is 9.09. The van der Waals surface area contributed by atoms with Crippen LogP contribution in [0, 0.1) is 0 Å². The molecule has 1 unspecified atom stereocenters. The second kappa shape index (κ2) is 12.6. The van der Waals surface area contributed by atoms with Gasteiger partial charge >= 0.3 is 6.09 Å². The van der Waals surface area contributed by atoms with Crippen molar-refractivity contribution in [2.75, 3.05) is 13.2 Å². The van der Waals surface area contributed by atoms with Crippen molar-refractivity contribution in [2.45, 2.75) is 76.7 Å². The second-order valence-electron chi connectivity index (χ2n) is 6.33. The van der Waals surface area contributed by atoms with E-state index in [1.807, 2.05) is 0 Å². The van der Waals surface area contributed by atoms with Gasteiger partial charge in [0, 0.05) is 13.0 Å².